The molecule has 0 radical (unpaired) electrons. The van der Waals surface area contributed by atoms with Gasteiger partial charge in [-0.05, 0) is 32.0 Å². The average molecular weight is 275 g/mol. The number of hydrogen-bond donors (Lipinski definition) is 1. The van der Waals surface area contributed by atoms with Gasteiger partial charge >= 0.3 is 0 Å². The van der Waals surface area contributed by atoms with E-state index in [9.17, 15) is 5.26 Å². The molecule has 1 aromatic heterocycles. The van der Waals surface area contributed by atoms with Crippen molar-refractivity contribution in [3.8, 4) is 6.07 Å². The lowest BCUT2D eigenvalue weighted by Crippen LogP contribution is -2.14. The van der Waals surface area contributed by atoms with Crippen LogP contribution in [0.3, 0.4) is 0 Å². The molecule has 0 amide bonds. The predicted octanol–water partition coefficient (Wildman–Crippen LogP) is 3.79. The van der Waals surface area contributed by atoms with Gasteiger partial charge in [0.05, 0.1) is 24.3 Å². The Hall–Kier alpha value is -1.99. The van der Waals surface area contributed by atoms with E-state index in [0.29, 0.717) is 5.02 Å². The lowest BCUT2D eigenvalue weighted by Gasteiger charge is -2.17. The molecule has 0 aliphatic carbocycles. The summed E-state index contributed by atoms with van der Waals surface area (Å²) in [5.41, 5.74) is 1.66. The number of nitrogens with one attached hydrogen (secondary N) is 1. The number of nitriles is 1. The summed E-state index contributed by atoms with van der Waals surface area (Å²) in [4.78, 5) is 4.12. The first-order chi connectivity index (χ1) is 9.11. The summed E-state index contributed by atoms with van der Waals surface area (Å²) in [6, 6.07) is 9.38. The van der Waals surface area contributed by atoms with Crippen molar-refractivity contribution in [1.82, 2.24) is 9.55 Å². The van der Waals surface area contributed by atoms with Crippen molar-refractivity contribution in [2.45, 2.75) is 25.9 Å². The van der Waals surface area contributed by atoms with Gasteiger partial charge in [-0.2, -0.15) is 5.26 Å². The molecule has 0 spiro atoms. The van der Waals surface area contributed by atoms with Crippen LogP contribution in [0.25, 0.3) is 0 Å². The first-order valence-corrected chi connectivity index (χ1v) is 6.43. The molecular weight excluding hydrogens is 260 g/mol. The van der Waals surface area contributed by atoms with E-state index < -0.39 is 6.04 Å². The summed E-state index contributed by atoms with van der Waals surface area (Å²) in [5, 5.41) is 13.1. The molecule has 5 heteroatoms. The largest absolute Gasteiger partial charge is 0.365 e. The van der Waals surface area contributed by atoms with Gasteiger partial charge in [-0.3, -0.25) is 0 Å². The molecule has 1 unspecified atom stereocenters. The van der Waals surface area contributed by atoms with E-state index in [1.807, 2.05) is 16.7 Å². The van der Waals surface area contributed by atoms with E-state index >= 15 is 0 Å². The van der Waals surface area contributed by atoms with E-state index in [1.54, 1.807) is 24.7 Å². The fourth-order valence-corrected chi connectivity index (χ4v) is 2.08. The van der Waals surface area contributed by atoms with E-state index in [2.05, 4.69) is 30.2 Å². The van der Waals surface area contributed by atoms with Crippen LogP contribution in [0.1, 0.15) is 31.6 Å². The van der Waals surface area contributed by atoms with Crippen molar-refractivity contribution in [2.75, 3.05) is 5.32 Å². The van der Waals surface area contributed by atoms with Crippen LogP contribution in [-0.2, 0) is 0 Å². The monoisotopic (exact) mass is 274 g/mol. The molecule has 0 aliphatic heterocycles. The number of halogens is 1. The summed E-state index contributed by atoms with van der Waals surface area (Å²) >= 11 is 5.94. The lowest BCUT2D eigenvalue weighted by atomic mass is 10.2. The lowest BCUT2D eigenvalue weighted by molar-refractivity contribution is 0.570. The Morgan fingerprint density at radius 2 is 2.21 bits per heavy atom. The number of hydrogen-bond acceptors (Lipinski definition) is 3. The minimum absolute atomic E-state index is 0.259. The Bertz CT molecular complexity index is 597. The molecule has 0 fully saturated rings. The third-order valence-corrected chi connectivity index (χ3v) is 3.05. The number of rotatable bonds is 4. The van der Waals surface area contributed by atoms with Crippen LogP contribution in [0, 0.1) is 11.3 Å². The van der Waals surface area contributed by atoms with Crippen LogP contribution >= 0.6 is 11.6 Å². The smallest absolute Gasteiger partial charge is 0.156 e. The number of benzene rings is 1. The molecular formula is C14H15ClN4. The molecule has 1 aromatic carbocycles. The van der Waals surface area contributed by atoms with Gasteiger partial charge in [0.1, 0.15) is 0 Å². The second-order valence-corrected chi connectivity index (χ2v) is 4.97. The van der Waals surface area contributed by atoms with Crippen LogP contribution in [-0.4, -0.2) is 9.55 Å². The third kappa shape index (κ3) is 3.07. The highest BCUT2D eigenvalue weighted by Gasteiger charge is 2.16. The van der Waals surface area contributed by atoms with Gasteiger partial charge in [0, 0.05) is 16.8 Å². The van der Waals surface area contributed by atoms with E-state index in [1.165, 1.54) is 0 Å². The predicted molar refractivity (Wildman–Crippen MR) is 76.0 cm³/mol. The van der Waals surface area contributed by atoms with Crippen LogP contribution in [0.4, 0.5) is 5.69 Å². The Morgan fingerprint density at radius 1 is 1.42 bits per heavy atom. The second kappa shape index (κ2) is 5.77. The summed E-state index contributed by atoms with van der Waals surface area (Å²) in [7, 11) is 0. The Kier molecular flexibility index (Phi) is 4.08. The molecule has 98 valence electrons. The summed E-state index contributed by atoms with van der Waals surface area (Å²) in [6.07, 6.45) is 3.45. The van der Waals surface area contributed by atoms with Crippen LogP contribution < -0.4 is 5.32 Å². The maximum Gasteiger partial charge on any atom is 0.156 e. The van der Waals surface area contributed by atoms with Crippen LogP contribution in [0.2, 0.25) is 5.02 Å². The summed E-state index contributed by atoms with van der Waals surface area (Å²) in [5.74, 6) is 0. The first-order valence-electron chi connectivity index (χ1n) is 6.05. The van der Waals surface area contributed by atoms with Gasteiger partial charge in [-0.1, -0.05) is 17.7 Å². The van der Waals surface area contributed by atoms with Gasteiger partial charge in [0.15, 0.2) is 6.04 Å². The molecule has 0 saturated heterocycles. The molecule has 0 saturated carbocycles. The fraction of sp³-hybridized carbons (Fsp3) is 0.286. The number of aromatic nitrogens is 2. The number of anilines is 1. The van der Waals surface area contributed by atoms with Gasteiger partial charge < -0.3 is 9.88 Å². The quantitative estimate of drug-likeness (QED) is 0.923. The number of nitrogens with zero attached hydrogens (tertiary/aromatic N) is 3. The SMILES string of the molecule is CC(C)n1cncc1C(C#N)Nc1cccc(Cl)c1. The van der Waals surface area contributed by atoms with Crippen LogP contribution in [0.5, 0.6) is 0 Å². The molecule has 1 atom stereocenters. The molecule has 2 rings (SSSR count). The minimum atomic E-state index is -0.455. The van der Waals surface area contributed by atoms with Gasteiger partial charge in [-0.25, -0.2) is 4.98 Å². The van der Waals surface area contributed by atoms with Crippen molar-refractivity contribution >= 4 is 17.3 Å². The van der Waals surface area contributed by atoms with Crippen molar-refractivity contribution in [2.24, 2.45) is 0 Å². The molecule has 2 aromatic rings. The van der Waals surface area contributed by atoms with Crippen molar-refractivity contribution < 1.29 is 0 Å². The second-order valence-electron chi connectivity index (χ2n) is 4.54. The normalized spacial score (nSPS) is 12.2. The van der Waals surface area contributed by atoms with Crippen molar-refractivity contribution in [3.05, 3.63) is 47.5 Å². The standard InChI is InChI=1S/C14H15ClN4/c1-10(2)19-9-17-8-14(19)13(7-16)18-12-5-3-4-11(15)6-12/h3-6,8-10,13,18H,1-2H3. The summed E-state index contributed by atoms with van der Waals surface area (Å²) < 4.78 is 1.98. The Labute approximate surface area is 117 Å². The van der Waals surface area contributed by atoms with Gasteiger partial charge in [0.2, 0.25) is 0 Å². The number of imidazole rings is 1. The molecule has 4 nitrogen and oxygen atoms in total. The highest BCUT2D eigenvalue weighted by atomic mass is 35.5. The third-order valence-electron chi connectivity index (χ3n) is 2.81. The highest BCUT2D eigenvalue weighted by Crippen LogP contribution is 2.23. The Balaban J connectivity index is 2.26. The molecule has 0 aliphatic rings. The maximum absolute atomic E-state index is 9.35. The van der Waals surface area contributed by atoms with Gasteiger partial charge in [-0.15, -0.1) is 0 Å². The average Bonchev–Trinajstić information content (AvgIpc) is 2.85. The van der Waals surface area contributed by atoms with E-state index in [0.717, 1.165) is 11.4 Å². The van der Waals surface area contributed by atoms with Gasteiger partial charge in [0.25, 0.3) is 0 Å². The minimum Gasteiger partial charge on any atom is -0.365 e. The molecule has 1 heterocycles. The van der Waals surface area contributed by atoms with Crippen LogP contribution in [0.15, 0.2) is 36.8 Å². The van der Waals surface area contributed by atoms with E-state index in [4.69, 9.17) is 11.6 Å². The van der Waals surface area contributed by atoms with Crippen molar-refractivity contribution in [3.63, 3.8) is 0 Å². The zero-order chi connectivity index (χ0) is 13.8. The Morgan fingerprint density at radius 3 is 2.84 bits per heavy atom. The molecule has 19 heavy (non-hydrogen) atoms. The zero-order valence-corrected chi connectivity index (χ0v) is 11.6. The molecule has 0 bridgehead atoms. The fourth-order valence-electron chi connectivity index (χ4n) is 1.89. The zero-order valence-electron chi connectivity index (χ0n) is 10.8. The molecule has 1 N–H and O–H groups in total. The maximum atomic E-state index is 9.35. The van der Waals surface area contributed by atoms with E-state index in [-0.39, 0.29) is 6.04 Å². The summed E-state index contributed by atoms with van der Waals surface area (Å²) in [6.45, 7) is 4.11. The highest BCUT2D eigenvalue weighted by molar-refractivity contribution is 6.30. The van der Waals surface area contributed by atoms with Crippen molar-refractivity contribution in [1.29, 1.82) is 5.26 Å². The first kappa shape index (κ1) is 13.4. The topological polar surface area (TPSA) is 53.6 Å².